The van der Waals surface area contributed by atoms with Crippen molar-refractivity contribution in [3.63, 3.8) is 0 Å². The second-order valence-corrected chi connectivity index (χ2v) is 4.13. The summed E-state index contributed by atoms with van der Waals surface area (Å²) >= 11 is 0. The van der Waals surface area contributed by atoms with Crippen LogP contribution in [-0.2, 0) is 17.6 Å². The lowest BCUT2D eigenvalue weighted by molar-refractivity contribution is -0.116. The van der Waals surface area contributed by atoms with Crippen molar-refractivity contribution in [2.45, 2.75) is 33.1 Å². The van der Waals surface area contributed by atoms with E-state index in [1.54, 1.807) is 6.92 Å². The van der Waals surface area contributed by atoms with Crippen LogP contribution in [-0.4, -0.2) is 12.5 Å². The summed E-state index contributed by atoms with van der Waals surface area (Å²) in [6, 6.07) is 6.53. The molecule has 0 spiro atoms. The van der Waals surface area contributed by atoms with E-state index in [-0.39, 0.29) is 5.91 Å². The maximum absolute atomic E-state index is 11.4. The predicted octanol–water partition coefficient (Wildman–Crippen LogP) is 2.55. The highest BCUT2D eigenvalue weighted by Gasteiger charge is 2.21. The van der Waals surface area contributed by atoms with E-state index in [1.165, 1.54) is 11.1 Å². The molecule has 0 atom stereocenters. The first-order chi connectivity index (χ1) is 7.22. The summed E-state index contributed by atoms with van der Waals surface area (Å²) in [6.07, 6.45) is 3.25. The van der Waals surface area contributed by atoms with Crippen LogP contribution in [0.15, 0.2) is 18.2 Å². The molecule has 15 heavy (non-hydrogen) atoms. The highest BCUT2D eigenvalue weighted by Crippen LogP contribution is 2.29. The standard InChI is InChI=1S/C13H17NO/c1-3-4-11-5-6-12-7-8-14(10(2)15)13(12)9-11/h5-6,9H,3-4,7-8H2,1-2H3. The molecule has 0 saturated carbocycles. The number of rotatable bonds is 2. The molecule has 0 radical (unpaired) electrons. The van der Waals surface area contributed by atoms with Gasteiger partial charge in [-0.3, -0.25) is 4.79 Å². The summed E-state index contributed by atoms with van der Waals surface area (Å²) in [5, 5.41) is 0. The van der Waals surface area contributed by atoms with Crippen LogP contribution in [0.2, 0.25) is 0 Å². The number of fused-ring (bicyclic) bond motifs is 1. The minimum Gasteiger partial charge on any atom is -0.312 e. The second-order valence-electron chi connectivity index (χ2n) is 4.13. The Bertz CT molecular complexity index is 384. The maximum Gasteiger partial charge on any atom is 0.223 e. The zero-order chi connectivity index (χ0) is 10.8. The third-order valence-corrected chi connectivity index (χ3v) is 2.96. The van der Waals surface area contributed by atoms with E-state index in [0.717, 1.165) is 31.5 Å². The molecule has 1 heterocycles. The first kappa shape index (κ1) is 10.2. The predicted molar refractivity (Wildman–Crippen MR) is 62.2 cm³/mol. The molecule has 0 fully saturated rings. The summed E-state index contributed by atoms with van der Waals surface area (Å²) in [4.78, 5) is 13.3. The van der Waals surface area contributed by atoms with Crippen molar-refractivity contribution in [3.8, 4) is 0 Å². The molecule has 1 aliphatic heterocycles. The largest absolute Gasteiger partial charge is 0.312 e. The zero-order valence-electron chi connectivity index (χ0n) is 9.42. The number of nitrogens with zero attached hydrogens (tertiary/aromatic N) is 1. The smallest absolute Gasteiger partial charge is 0.223 e. The number of carbonyl (C=O) groups is 1. The summed E-state index contributed by atoms with van der Waals surface area (Å²) in [5.74, 6) is 0.155. The zero-order valence-corrected chi connectivity index (χ0v) is 9.42. The Morgan fingerprint density at radius 3 is 2.93 bits per heavy atom. The fourth-order valence-corrected chi connectivity index (χ4v) is 2.20. The van der Waals surface area contributed by atoms with E-state index in [0.29, 0.717) is 0 Å². The van der Waals surface area contributed by atoms with Gasteiger partial charge in [0.25, 0.3) is 0 Å². The number of hydrogen-bond donors (Lipinski definition) is 0. The highest BCUT2D eigenvalue weighted by molar-refractivity contribution is 5.93. The Balaban J connectivity index is 2.33. The summed E-state index contributed by atoms with van der Waals surface area (Å²) in [5.41, 5.74) is 3.78. The number of hydrogen-bond acceptors (Lipinski definition) is 1. The Morgan fingerprint density at radius 1 is 1.47 bits per heavy atom. The lowest BCUT2D eigenvalue weighted by Gasteiger charge is -2.15. The maximum atomic E-state index is 11.4. The molecule has 1 aromatic carbocycles. The average Bonchev–Trinajstić information content (AvgIpc) is 2.61. The number of aryl methyl sites for hydroxylation is 1. The molecular formula is C13H17NO. The van der Waals surface area contributed by atoms with Crippen LogP contribution in [0.4, 0.5) is 5.69 Å². The van der Waals surface area contributed by atoms with Crippen molar-refractivity contribution in [2.24, 2.45) is 0 Å². The molecule has 2 heteroatoms. The Hall–Kier alpha value is -1.31. The van der Waals surface area contributed by atoms with Crippen molar-refractivity contribution in [2.75, 3.05) is 11.4 Å². The van der Waals surface area contributed by atoms with Crippen molar-refractivity contribution in [3.05, 3.63) is 29.3 Å². The molecule has 0 bridgehead atoms. The van der Waals surface area contributed by atoms with E-state index in [1.807, 2.05) is 4.90 Å². The summed E-state index contributed by atoms with van der Waals surface area (Å²) in [7, 11) is 0. The normalized spacial score (nSPS) is 14.1. The molecule has 80 valence electrons. The molecule has 0 aliphatic carbocycles. The van der Waals surface area contributed by atoms with Gasteiger partial charge >= 0.3 is 0 Å². The van der Waals surface area contributed by atoms with Crippen LogP contribution < -0.4 is 4.90 Å². The molecule has 0 saturated heterocycles. The van der Waals surface area contributed by atoms with Crippen LogP contribution in [0.1, 0.15) is 31.4 Å². The van der Waals surface area contributed by atoms with Crippen LogP contribution in [0.25, 0.3) is 0 Å². The third-order valence-electron chi connectivity index (χ3n) is 2.96. The van der Waals surface area contributed by atoms with Crippen molar-refractivity contribution < 1.29 is 4.79 Å². The first-order valence-corrected chi connectivity index (χ1v) is 5.62. The fraction of sp³-hybridized carbons (Fsp3) is 0.462. The fourth-order valence-electron chi connectivity index (χ4n) is 2.20. The minimum absolute atomic E-state index is 0.155. The van der Waals surface area contributed by atoms with E-state index < -0.39 is 0 Å². The van der Waals surface area contributed by atoms with Crippen molar-refractivity contribution in [1.82, 2.24) is 0 Å². The van der Waals surface area contributed by atoms with Gasteiger partial charge in [0.05, 0.1) is 0 Å². The molecule has 1 amide bonds. The summed E-state index contributed by atoms with van der Waals surface area (Å²) in [6.45, 7) is 4.66. The van der Waals surface area contributed by atoms with Gasteiger partial charge < -0.3 is 4.90 Å². The third kappa shape index (κ3) is 1.89. The SMILES string of the molecule is CCCc1ccc2c(c1)N(C(C)=O)CC2. The van der Waals surface area contributed by atoms with Crippen LogP contribution in [0, 0.1) is 0 Å². The number of carbonyl (C=O) groups excluding carboxylic acids is 1. The average molecular weight is 203 g/mol. The van der Waals surface area contributed by atoms with Crippen LogP contribution >= 0.6 is 0 Å². The van der Waals surface area contributed by atoms with Crippen LogP contribution in [0.3, 0.4) is 0 Å². The van der Waals surface area contributed by atoms with Gasteiger partial charge in [0.2, 0.25) is 5.91 Å². The number of anilines is 1. The minimum atomic E-state index is 0.155. The van der Waals surface area contributed by atoms with Gasteiger partial charge in [-0.1, -0.05) is 25.5 Å². The molecule has 0 aromatic heterocycles. The monoisotopic (exact) mass is 203 g/mol. The van der Waals surface area contributed by atoms with Gasteiger partial charge in [0.15, 0.2) is 0 Å². The molecule has 1 aromatic rings. The van der Waals surface area contributed by atoms with E-state index >= 15 is 0 Å². The van der Waals surface area contributed by atoms with Crippen LogP contribution in [0.5, 0.6) is 0 Å². The Morgan fingerprint density at radius 2 is 2.27 bits per heavy atom. The second kappa shape index (κ2) is 4.05. The molecule has 0 unspecified atom stereocenters. The summed E-state index contributed by atoms with van der Waals surface area (Å²) < 4.78 is 0. The Kier molecular flexibility index (Phi) is 2.76. The molecule has 1 aliphatic rings. The Labute approximate surface area is 90.9 Å². The van der Waals surface area contributed by atoms with E-state index in [4.69, 9.17) is 0 Å². The molecular weight excluding hydrogens is 186 g/mol. The van der Waals surface area contributed by atoms with Gasteiger partial charge in [-0.15, -0.1) is 0 Å². The van der Waals surface area contributed by atoms with Crippen molar-refractivity contribution in [1.29, 1.82) is 0 Å². The van der Waals surface area contributed by atoms with E-state index in [2.05, 4.69) is 25.1 Å². The van der Waals surface area contributed by atoms with Gasteiger partial charge in [-0.05, 0) is 30.0 Å². The van der Waals surface area contributed by atoms with Gasteiger partial charge in [-0.2, -0.15) is 0 Å². The van der Waals surface area contributed by atoms with Crippen molar-refractivity contribution >= 4 is 11.6 Å². The molecule has 0 N–H and O–H groups in total. The lowest BCUT2D eigenvalue weighted by Crippen LogP contribution is -2.25. The van der Waals surface area contributed by atoms with Gasteiger partial charge in [0, 0.05) is 19.2 Å². The lowest BCUT2D eigenvalue weighted by atomic mass is 10.1. The van der Waals surface area contributed by atoms with E-state index in [9.17, 15) is 4.79 Å². The number of benzene rings is 1. The van der Waals surface area contributed by atoms with Gasteiger partial charge in [0.1, 0.15) is 0 Å². The number of amides is 1. The highest BCUT2D eigenvalue weighted by atomic mass is 16.2. The molecule has 2 nitrogen and oxygen atoms in total. The van der Waals surface area contributed by atoms with Gasteiger partial charge in [-0.25, -0.2) is 0 Å². The topological polar surface area (TPSA) is 20.3 Å². The molecule has 2 rings (SSSR count). The quantitative estimate of drug-likeness (QED) is 0.723. The first-order valence-electron chi connectivity index (χ1n) is 5.62.